The summed E-state index contributed by atoms with van der Waals surface area (Å²) in [6.45, 7) is 4.97. The summed E-state index contributed by atoms with van der Waals surface area (Å²) in [6, 6.07) is 0.220. The lowest BCUT2D eigenvalue weighted by Crippen LogP contribution is -2.50. The van der Waals surface area contributed by atoms with E-state index in [4.69, 9.17) is 4.74 Å². The summed E-state index contributed by atoms with van der Waals surface area (Å²) in [5.41, 5.74) is 0. The smallest absolute Gasteiger partial charge is 0.219 e. The van der Waals surface area contributed by atoms with Gasteiger partial charge in [-0.25, -0.2) is 0 Å². The Bertz CT molecular complexity index is 174. The third-order valence-electron chi connectivity index (χ3n) is 2.08. The molecule has 4 heteroatoms. The molecule has 0 radical (unpaired) electrons. The number of carbonyl (C=O) groups is 1. The van der Waals surface area contributed by atoms with Crippen LogP contribution >= 0.6 is 15.9 Å². The van der Waals surface area contributed by atoms with Gasteiger partial charge in [0.15, 0.2) is 0 Å². The number of ether oxygens (including phenoxy) is 1. The van der Waals surface area contributed by atoms with E-state index >= 15 is 0 Å². The number of morpholine rings is 1. The van der Waals surface area contributed by atoms with Gasteiger partial charge in [0.05, 0.1) is 18.8 Å². The molecule has 2 unspecified atom stereocenters. The standard InChI is InChI=1S/C8H14BrNO2/c1-6-5-12-8(3-9)4-10(6)7(2)11/h6,8H,3-5H2,1-2H3. The molecule has 1 heterocycles. The molecule has 12 heavy (non-hydrogen) atoms. The molecular formula is C8H14BrNO2. The SMILES string of the molecule is CC(=O)N1CC(CBr)OCC1C. The first-order valence-corrected chi connectivity index (χ1v) is 5.22. The molecule has 0 spiro atoms. The maximum atomic E-state index is 11.1. The number of amides is 1. The molecule has 1 amide bonds. The van der Waals surface area contributed by atoms with Crippen molar-refractivity contribution < 1.29 is 9.53 Å². The fraction of sp³-hybridized carbons (Fsp3) is 0.875. The first kappa shape index (κ1) is 9.99. The molecule has 0 aliphatic carbocycles. The van der Waals surface area contributed by atoms with Gasteiger partial charge in [-0.15, -0.1) is 0 Å². The van der Waals surface area contributed by atoms with E-state index in [1.54, 1.807) is 6.92 Å². The summed E-state index contributed by atoms with van der Waals surface area (Å²) in [4.78, 5) is 13.0. The minimum atomic E-state index is 0.136. The normalized spacial score (nSPS) is 30.4. The van der Waals surface area contributed by atoms with Gasteiger partial charge in [-0.2, -0.15) is 0 Å². The number of hydrogen-bond acceptors (Lipinski definition) is 2. The molecule has 70 valence electrons. The first-order chi connectivity index (χ1) is 5.65. The van der Waals surface area contributed by atoms with Gasteiger partial charge in [0.25, 0.3) is 0 Å². The van der Waals surface area contributed by atoms with E-state index in [1.807, 2.05) is 11.8 Å². The molecule has 0 bridgehead atoms. The van der Waals surface area contributed by atoms with Gasteiger partial charge < -0.3 is 9.64 Å². The van der Waals surface area contributed by atoms with Crippen molar-refractivity contribution in [3.05, 3.63) is 0 Å². The number of alkyl halides is 1. The minimum absolute atomic E-state index is 0.136. The Morgan fingerprint density at radius 2 is 2.42 bits per heavy atom. The molecule has 1 saturated heterocycles. The second-order valence-corrected chi connectivity index (χ2v) is 3.78. The molecule has 2 atom stereocenters. The highest BCUT2D eigenvalue weighted by Gasteiger charge is 2.26. The Balaban J connectivity index is 2.53. The molecule has 0 N–H and O–H groups in total. The van der Waals surface area contributed by atoms with Crippen LogP contribution in [0, 0.1) is 0 Å². The van der Waals surface area contributed by atoms with Crippen molar-refractivity contribution in [1.82, 2.24) is 4.90 Å². The van der Waals surface area contributed by atoms with Crippen LogP contribution in [0.4, 0.5) is 0 Å². The Morgan fingerprint density at radius 1 is 1.75 bits per heavy atom. The van der Waals surface area contributed by atoms with E-state index in [-0.39, 0.29) is 18.1 Å². The van der Waals surface area contributed by atoms with Crippen LogP contribution in [0.5, 0.6) is 0 Å². The maximum absolute atomic E-state index is 11.1. The topological polar surface area (TPSA) is 29.5 Å². The summed E-state index contributed by atoms with van der Waals surface area (Å²) in [7, 11) is 0. The van der Waals surface area contributed by atoms with Gasteiger partial charge in [-0.05, 0) is 6.92 Å². The number of nitrogens with zero attached hydrogens (tertiary/aromatic N) is 1. The molecule has 0 aromatic heterocycles. The van der Waals surface area contributed by atoms with E-state index in [9.17, 15) is 4.79 Å². The largest absolute Gasteiger partial charge is 0.373 e. The van der Waals surface area contributed by atoms with Gasteiger partial charge in [-0.1, -0.05) is 15.9 Å². The van der Waals surface area contributed by atoms with Crippen molar-refractivity contribution >= 4 is 21.8 Å². The third kappa shape index (κ3) is 2.20. The van der Waals surface area contributed by atoms with Gasteiger partial charge in [0, 0.05) is 18.8 Å². The molecule has 0 aromatic carbocycles. The summed E-state index contributed by atoms with van der Waals surface area (Å²) in [6.07, 6.45) is 0.157. The fourth-order valence-corrected chi connectivity index (χ4v) is 1.74. The number of hydrogen-bond donors (Lipinski definition) is 0. The van der Waals surface area contributed by atoms with Crippen LogP contribution in [0.25, 0.3) is 0 Å². The Kier molecular flexibility index (Phi) is 3.53. The van der Waals surface area contributed by atoms with Gasteiger partial charge in [-0.3, -0.25) is 4.79 Å². The molecule has 0 saturated carbocycles. The van der Waals surface area contributed by atoms with Crippen LogP contribution in [0.3, 0.4) is 0 Å². The molecule has 1 fully saturated rings. The van der Waals surface area contributed by atoms with Crippen molar-refractivity contribution in [3.8, 4) is 0 Å². The summed E-state index contributed by atoms with van der Waals surface area (Å²) in [5.74, 6) is 0.136. The summed E-state index contributed by atoms with van der Waals surface area (Å²) in [5, 5.41) is 0.795. The molecule has 1 aliphatic rings. The molecule has 1 aliphatic heterocycles. The highest BCUT2D eigenvalue weighted by atomic mass is 79.9. The van der Waals surface area contributed by atoms with E-state index in [0.29, 0.717) is 13.2 Å². The van der Waals surface area contributed by atoms with Gasteiger partial charge in [0.2, 0.25) is 5.91 Å². The minimum Gasteiger partial charge on any atom is -0.373 e. The maximum Gasteiger partial charge on any atom is 0.219 e. The number of rotatable bonds is 1. The Hall–Kier alpha value is -0.0900. The van der Waals surface area contributed by atoms with Gasteiger partial charge in [0.1, 0.15) is 0 Å². The van der Waals surface area contributed by atoms with Crippen LogP contribution in [0.15, 0.2) is 0 Å². The average Bonchev–Trinajstić information content (AvgIpc) is 2.05. The molecule has 3 nitrogen and oxygen atoms in total. The summed E-state index contributed by atoms with van der Waals surface area (Å²) < 4.78 is 5.48. The monoisotopic (exact) mass is 235 g/mol. The van der Waals surface area contributed by atoms with Crippen molar-refractivity contribution in [2.75, 3.05) is 18.5 Å². The zero-order chi connectivity index (χ0) is 9.14. The third-order valence-corrected chi connectivity index (χ3v) is 2.80. The molecule has 0 aromatic rings. The van der Waals surface area contributed by atoms with E-state index in [1.165, 1.54) is 0 Å². The predicted molar refractivity (Wildman–Crippen MR) is 50.4 cm³/mol. The Morgan fingerprint density at radius 3 is 2.92 bits per heavy atom. The van der Waals surface area contributed by atoms with Crippen LogP contribution < -0.4 is 0 Å². The molecule has 1 rings (SSSR count). The van der Waals surface area contributed by atoms with Crippen molar-refractivity contribution in [2.24, 2.45) is 0 Å². The lowest BCUT2D eigenvalue weighted by molar-refractivity contribution is -0.140. The number of halogens is 1. The average molecular weight is 236 g/mol. The van der Waals surface area contributed by atoms with Crippen molar-refractivity contribution in [3.63, 3.8) is 0 Å². The second kappa shape index (κ2) is 4.23. The Labute approximate surface area is 81.2 Å². The van der Waals surface area contributed by atoms with Gasteiger partial charge >= 0.3 is 0 Å². The van der Waals surface area contributed by atoms with Crippen molar-refractivity contribution in [1.29, 1.82) is 0 Å². The zero-order valence-corrected chi connectivity index (χ0v) is 9.00. The molecular weight excluding hydrogens is 222 g/mol. The van der Waals surface area contributed by atoms with Crippen LogP contribution in [-0.4, -0.2) is 41.4 Å². The fourth-order valence-electron chi connectivity index (χ4n) is 1.35. The van der Waals surface area contributed by atoms with E-state index < -0.39 is 0 Å². The lowest BCUT2D eigenvalue weighted by Gasteiger charge is -2.36. The van der Waals surface area contributed by atoms with Crippen LogP contribution in [0.2, 0.25) is 0 Å². The summed E-state index contributed by atoms with van der Waals surface area (Å²) >= 11 is 3.34. The first-order valence-electron chi connectivity index (χ1n) is 4.10. The van der Waals surface area contributed by atoms with E-state index in [0.717, 1.165) is 5.33 Å². The zero-order valence-electron chi connectivity index (χ0n) is 7.42. The van der Waals surface area contributed by atoms with Crippen molar-refractivity contribution in [2.45, 2.75) is 26.0 Å². The van der Waals surface area contributed by atoms with E-state index in [2.05, 4.69) is 15.9 Å². The highest BCUT2D eigenvalue weighted by molar-refractivity contribution is 9.09. The highest BCUT2D eigenvalue weighted by Crippen LogP contribution is 2.12. The predicted octanol–water partition coefficient (Wildman–Crippen LogP) is 1.02. The quantitative estimate of drug-likeness (QED) is 0.636. The van der Waals surface area contributed by atoms with Crippen LogP contribution in [0.1, 0.15) is 13.8 Å². The lowest BCUT2D eigenvalue weighted by atomic mass is 10.2. The van der Waals surface area contributed by atoms with Crippen LogP contribution in [-0.2, 0) is 9.53 Å². The second-order valence-electron chi connectivity index (χ2n) is 3.13. The number of carbonyl (C=O) groups excluding carboxylic acids is 1.